The predicted octanol–water partition coefficient (Wildman–Crippen LogP) is 3.48. The Morgan fingerprint density at radius 2 is 2.22 bits per heavy atom. The van der Waals surface area contributed by atoms with E-state index in [1.807, 2.05) is 31.0 Å². The molecule has 1 unspecified atom stereocenters. The second kappa shape index (κ2) is 8.97. The van der Waals surface area contributed by atoms with Gasteiger partial charge in [-0.05, 0) is 43.9 Å². The Balaban J connectivity index is 1.43. The number of nitrogens with zero attached hydrogens (tertiary/aromatic N) is 4. The molecule has 2 aromatic heterocycles. The first-order valence-corrected chi connectivity index (χ1v) is 10.6. The van der Waals surface area contributed by atoms with Gasteiger partial charge in [-0.3, -0.25) is 4.79 Å². The molecule has 0 aliphatic carbocycles. The van der Waals surface area contributed by atoms with Crippen LogP contribution in [0.2, 0.25) is 0 Å². The van der Waals surface area contributed by atoms with E-state index in [0.717, 1.165) is 31.1 Å². The van der Waals surface area contributed by atoms with E-state index >= 15 is 0 Å². The summed E-state index contributed by atoms with van der Waals surface area (Å²) in [5.74, 6) is 2.49. The quantitative estimate of drug-likeness (QED) is 0.691. The zero-order valence-electron chi connectivity index (χ0n) is 16.8. The van der Waals surface area contributed by atoms with E-state index in [0.29, 0.717) is 36.5 Å². The van der Waals surface area contributed by atoms with E-state index in [-0.39, 0.29) is 5.91 Å². The van der Waals surface area contributed by atoms with Gasteiger partial charge in [-0.2, -0.15) is 0 Å². The van der Waals surface area contributed by atoms with E-state index in [2.05, 4.69) is 28.9 Å². The number of hydrogen-bond donors (Lipinski definition) is 0. The van der Waals surface area contributed by atoms with Crippen molar-refractivity contribution in [3.8, 4) is 10.8 Å². The summed E-state index contributed by atoms with van der Waals surface area (Å²) in [5.41, 5.74) is 0. The zero-order chi connectivity index (χ0) is 19.4. The van der Waals surface area contributed by atoms with Gasteiger partial charge in [-0.25, -0.2) is 0 Å². The monoisotopic (exact) mass is 390 g/mol. The van der Waals surface area contributed by atoms with Crippen LogP contribution in [0.3, 0.4) is 0 Å². The van der Waals surface area contributed by atoms with E-state index in [1.54, 1.807) is 11.3 Å². The number of rotatable bonds is 8. The molecule has 27 heavy (non-hydrogen) atoms. The number of hydrogen-bond acceptors (Lipinski definition) is 6. The third kappa shape index (κ3) is 5.62. The lowest BCUT2D eigenvalue weighted by molar-refractivity contribution is -0.130. The molecule has 2 aromatic rings. The van der Waals surface area contributed by atoms with Gasteiger partial charge < -0.3 is 14.2 Å². The van der Waals surface area contributed by atoms with Crippen LogP contribution >= 0.6 is 11.3 Å². The Bertz CT molecular complexity index is 755. The highest BCUT2D eigenvalue weighted by Gasteiger charge is 2.25. The Kier molecular flexibility index (Phi) is 6.65. The standard InChI is InChI=1S/C20H30N4O2S/c1-14(2)11-24-10-9-16(13-24)12-23(4)19(25)8-7-18-21-22-20(26-18)17-6-5-15(3)27-17/h5-6,14,16H,7-13H2,1-4H3. The fourth-order valence-electron chi connectivity index (χ4n) is 3.64. The summed E-state index contributed by atoms with van der Waals surface area (Å²) in [4.78, 5) is 19.0. The molecule has 1 fully saturated rings. The minimum atomic E-state index is 0.143. The van der Waals surface area contributed by atoms with E-state index in [9.17, 15) is 4.79 Å². The molecule has 0 bridgehead atoms. The van der Waals surface area contributed by atoms with Crippen molar-refractivity contribution in [2.24, 2.45) is 11.8 Å². The van der Waals surface area contributed by atoms with Gasteiger partial charge in [0.2, 0.25) is 11.8 Å². The largest absolute Gasteiger partial charge is 0.420 e. The number of amides is 1. The van der Waals surface area contributed by atoms with Crippen molar-refractivity contribution >= 4 is 17.2 Å². The van der Waals surface area contributed by atoms with Gasteiger partial charge >= 0.3 is 0 Å². The van der Waals surface area contributed by atoms with Gasteiger partial charge in [0, 0.05) is 44.4 Å². The van der Waals surface area contributed by atoms with Gasteiger partial charge in [0.15, 0.2) is 0 Å². The Morgan fingerprint density at radius 3 is 2.93 bits per heavy atom. The summed E-state index contributed by atoms with van der Waals surface area (Å²) in [5, 5.41) is 8.19. The lowest BCUT2D eigenvalue weighted by Crippen LogP contribution is -2.33. The molecule has 3 rings (SSSR count). The van der Waals surface area contributed by atoms with Crippen LogP contribution in [0.4, 0.5) is 0 Å². The van der Waals surface area contributed by atoms with Gasteiger partial charge in [0.1, 0.15) is 0 Å². The summed E-state index contributed by atoms with van der Waals surface area (Å²) in [6, 6.07) is 4.02. The maximum atomic E-state index is 12.5. The van der Waals surface area contributed by atoms with Gasteiger partial charge in [0.05, 0.1) is 4.88 Å². The van der Waals surface area contributed by atoms with Crippen LogP contribution < -0.4 is 0 Å². The normalized spacial score (nSPS) is 17.7. The number of carbonyl (C=O) groups is 1. The summed E-state index contributed by atoms with van der Waals surface area (Å²) in [6.07, 6.45) is 2.08. The molecule has 0 N–H and O–H groups in total. The lowest BCUT2D eigenvalue weighted by atomic mass is 10.1. The Hall–Kier alpha value is -1.73. The second-order valence-corrected chi connectivity index (χ2v) is 9.28. The topological polar surface area (TPSA) is 62.5 Å². The van der Waals surface area contributed by atoms with E-state index in [1.165, 1.54) is 11.3 Å². The summed E-state index contributed by atoms with van der Waals surface area (Å²) < 4.78 is 5.71. The molecule has 1 aliphatic rings. The maximum absolute atomic E-state index is 12.5. The minimum absolute atomic E-state index is 0.143. The van der Waals surface area contributed by atoms with Crippen LogP contribution in [-0.4, -0.2) is 59.1 Å². The molecular formula is C20H30N4O2S. The second-order valence-electron chi connectivity index (χ2n) is 7.99. The van der Waals surface area contributed by atoms with Crippen molar-refractivity contribution in [3.05, 3.63) is 22.9 Å². The summed E-state index contributed by atoms with van der Waals surface area (Å²) in [7, 11) is 1.90. The molecule has 0 radical (unpaired) electrons. The van der Waals surface area contributed by atoms with Crippen LogP contribution in [0.5, 0.6) is 0 Å². The molecule has 0 aromatic carbocycles. The van der Waals surface area contributed by atoms with E-state index in [4.69, 9.17) is 4.42 Å². The van der Waals surface area contributed by atoms with E-state index < -0.39 is 0 Å². The first-order valence-electron chi connectivity index (χ1n) is 9.76. The highest BCUT2D eigenvalue weighted by molar-refractivity contribution is 7.15. The highest BCUT2D eigenvalue weighted by atomic mass is 32.1. The van der Waals surface area contributed by atoms with Crippen LogP contribution in [-0.2, 0) is 11.2 Å². The third-order valence-electron chi connectivity index (χ3n) is 4.92. The number of thiophene rings is 1. The molecule has 3 heterocycles. The van der Waals surface area contributed by atoms with Crippen LogP contribution in [0, 0.1) is 18.8 Å². The molecule has 1 atom stereocenters. The van der Waals surface area contributed by atoms with Crippen molar-refractivity contribution in [1.82, 2.24) is 20.0 Å². The number of carbonyl (C=O) groups excluding carboxylic acids is 1. The minimum Gasteiger partial charge on any atom is -0.420 e. The van der Waals surface area contributed by atoms with Crippen molar-refractivity contribution in [2.45, 2.75) is 40.0 Å². The molecular weight excluding hydrogens is 360 g/mol. The number of aromatic nitrogens is 2. The van der Waals surface area contributed by atoms with Gasteiger partial charge in [-0.15, -0.1) is 21.5 Å². The number of likely N-dealkylation sites (tertiary alicyclic amines) is 1. The van der Waals surface area contributed by atoms with Gasteiger partial charge in [-0.1, -0.05) is 13.8 Å². The average Bonchev–Trinajstić information content (AvgIpc) is 3.33. The predicted molar refractivity (Wildman–Crippen MR) is 108 cm³/mol. The molecule has 0 spiro atoms. The Labute approximate surface area is 165 Å². The molecule has 148 valence electrons. The van der Waals surface area contributed by atoms with Gasteiger partial charge in [0.25, 0.3) is 5.89 Å². The zero-order valence-corrected chi connectivity index (χ0v) is 17.6. The lowest BCUT2D eigenvalue weighted by Gasteiger charge is -2.22. The smallest absolute Gasteiger partial charge is 0.257 e. The molecule has 1 aliphatic heterocycles. The fourth-order valence-corrected chi connectivity index (χ4v) is 4.43. The van der Waals surface area contributed by atoms with Crippen molar-refractivity contribution in [1.29, 1.82) is 0 Å². The summed E-state index contributed by atoms with van der Waals surface area (Å²) in [6.45, 7) is 10.8. The summed E-state index contributed by atoms with van der Waals surface area (Å²) >= 11 is 1.63. The molecule has 7 heteroatoms. The van der Waals surface area contributed by atoms with Crippen molar-refractivity contribution in [3.63, 3.8) is 0 Å². The van der Waals surface area contributed by atoms with Crippen LogP contribution in [0.15, 0.2) is 16.5 Å². The molecule has 0 saturated carbocycles. The molecule has 1 saturated heterocycles. The average molecular weight is 391 g/mol. The third-order valence-corrected chi connectivity index (χ3v) is 5.91. The fraction of sp³-hybridized carbons (Fsp3) is 0.650. The van der Waals surface area contributed by atoms with Crippen molar-refractivity contribution < 1.29 is 9.21 Å². The molecule has 6 nitrogen and oxygen atoms in total. The highest BCUT2D eigenvalue weighted by Crippen LogP contribution is 2.26. The SMILES string of the molecule is Cc1ccc(-c2nnc(CCC(=O)N(C)CC3CCN(CC(C)C)C3)o2)s1. The van der Waals surface area contributed by atoms with Crippen molar-refractivity contribution in [2.75, 3.05) is 33.2 Å². The first kappa shape index (κ1) is 20.0. The number of aryl methyl sites for hydroxylation is 2. The van der Waals surface area contributed by atoms with Crippen LogP contribution in [0.25, 0.3) is 10.8 Å². The molecule has 1 amide bonds. The van der Waals surface area contributed by atoms with Crippen LogP contribution in [0.1, 0.15) is 37.5 Å². The maximum Gasteiger partial charge on any atom is 0.257 e. The first-order chi connectivity index (χ1) is 12.9. The Morgan fingerprint density at radius 1 is 1.41 bits per heavy atom.